The van der Waals surface area contributed by atoms with Crippen molar-refractivity contribution in [3.05, 3.63) is 65.6 Å². The van der Waals surface area contributed by atoms with Gasteiger partial charge in [-0.25, -0.2) is 4.39 Å². The summed E-state index contributed by atoms with van der Waals surface area (Å²) in [7, 11) is 0. The van der Waals surface area contributed by atoms with Crippen LogP contribution in [0.4, 0.5) is 4.39 Å². The summed E-state index contributed by atoms with van der Waals surface area (Å²) < 4.78 is 13.6. The van der Waals surface area contributed by atoms with E-state index in [0.717, 1.165) is 29.5 Å². The zero-order chi connectivity index (χ0) is 16.9. The molecule has 1 nitrogen and oxygen atoms in total. The summed E-state index contributed by atoms with van der Waals surface area (Å²) in [5.41, 5.74) is 2.78. The molecule has 24 heavy (non-hydrogen) atoms. The van der Waals surface area contributed by atoms with E-state index in [1.165, 1.54) is 43.7 Å². The van der Waals surface area contributed by atoms with Crippen molar-refractivity contribution >= 4 is 11.6 Å². The molecule has 3 rings (SSSR count). The van der Waals surface area contributed by atoms with Gasteiger partial charge in [-0.05, 0) is 74.1 Å². The van der Waals surface area contributed by atoms with Gasteiger partial charge in [0.15, 0.2) is 0 Å². The van der Waals surface area contributed by atoms with Gasteiger partial charge in [0.2, 0.25) is 0 Å². The van der Waals surface area contributed by atoms with Crippen LogP contribution in [0.15, 0.2) is 49.2 Å². The van der Waals surface area contributed by atoms with Crippen molar-refractivity contribution in [2.45, 2.75) is 38.5 Å². The van der Waals surface area contributed by atoms with E-state index in [2.05, 4.69) is 23.7 Å². The van der Waals surface area contributed by atoms with E-state index in [9.17, 15) is 4.39 Å². The summed E-state index contributed by atoms with van der Waals surface area (Å²) in [5, 5.41) is 0.140. The second-order valence-corrected chi connectivity index (χ2v) is 7.14. The van der Waals surface area contributed by atoms with E-state index in [1.807, 2.05) is 12.3 Å². The van der Waals surface area contributed by atoms with Gasteiger partial charge < -0.3 is 0 Å². The number of hydrogen-bond acceptors (Lipinski definition) is 1. The molecular formula is C21H23ClFN. The quantitative estimate of drug-likeness (QED) is 0.567. The summed E-state index contributed by atoms with van der Waals surface area (Å²) in [6.07, 6.45) is 11.5. The van der Waals surface area contributed by atoms with Gasteiger partial charge in [0.25, 0.3) is 0 Å². The normalized spacial score (nSPS) is 20.8. The maximum Gasteiger partial charge on any atom is 0.142 e. The van der Waals surface area contributed by atoms with Crippen LogP contribution in [-0.4, -0.2) is 4.98 Å². The Labute approximate surface area is 148 Å². The van der Waals surface area contributed by atoms with Crippen molar-refractivity contribution in [3.8, 4) is 11.3 Å². The summed E-state index contributed by atoms with van der Waals surface area (Å²) in [6.45, 7) is 3.91. The zero-order valence-electron chi connectivity index (χ0n) is 13.8. The lowest BCUT2D eigenvalue weighted by Crippen LogP contribution is -2.13. The molecule has 1 aliphatic rings. The number of nitrogens with zero attached hydrogens (tertiary/aromatic N) is 1. The lowest BCUT2D eigenvalue weighted by Gasteiger charge is -2.26. The van der Waals surface area contributed by atoms with Gasteiger partial charge in [0.1, 0.15) is 5.82 Å². The maximum atomic E-state index is 13.6. The van der Waals surface area contributed by atoms with E-state index >= 15 is 0 Å². The van der Waals surface area contributed by atoms with Crippen LogP contribution >= 0.6 is 11.6 Å². The number of hydrogen-bond donors (Lipinski definition) is 0. The molecule has 2 aromatic rings. The molecule has 0 aliphatic heterocycles. The standard InChI is InChI=1S/C21H23ClFN/c1-2-15-3-5-16(6-4-15)7-8-17-9-12-21(24-14-17)18-10-11-19(22)20(23)13-18/h2,9-16H,1,3-8H2/t15-,16-. The van der Waals surface area contributed by atoms with E-state index in [4.69, 9.17) is 11.6 Å². The second-order valence-electron chi connectivity index (χ2n) is 6.74. The third kappa shape index (κ3) is 4.24. The molecule has 1 aromatic heterocycles. The van der Waals surface area contributed by atoms with Crippen molar-refractivity contribution in [2.75, 3.05) is 0 Å². The molecule has 1 saturated carbocycles. The summed E-state index contributed by atoms with van der Waals surface area (Å²) >= 11 is 5.73. The van der Waals surface area contributed by atoms with E-state index in [0.29, 0.717) is 0 Å². The van der Waals surface area contributed by atoms with Crippen LogP contribution in [0.2, 0.25) is 5.02 Å². The Hall–Kier alpha value is -1.67. The Balaban J connectivity index is 1.57. The highest BCUT2D eigenvalue weighted by Gasteiger charge is 2.18. The van der Waals surface area contributed by atoms with Gasteiger partial charge >= 0.3 is 0 Å². The van der Waals surface area contributed by atoms with E-state index in [1.54, 1.807) is 12.1 Å². The Morgan fingerprint density at radius 3 is 2.58 bits per heavy atom. The first kappa shape index (κ1) is 17.2. The smallest absolute Gasteiger partial charge is 0.142 e. The number of aromatic nitrogens is 1. The largest absolute Gasteiger partial charge is 0.256 e. The molecule has 1 heterocycles. The van der Waals surface area contributed by atoms with Gasteiger partial charge in [-0.15, -0.1) is 6.58 Å². The number of aryl methyl sites for hydroxylation is 1. The molecule has 1 aliphatic carbocycles. The fourth-order valence-corrected chi connectivity index (χ4v) is 3.60. The third-order valence-electron chi connectivity index (χ3n) is 5.11. The molecule has 0 radical (unpaired) electrons. The highest BCUT2D eigenvalue weighted by atomic mass is 35.5. The van der Waals surface area contributed by atoms with Gasteiger partial charge in [-0.1, -0.05) is 29.8 Å². The molecule has 126 valence electrons. The molecule has 0 spiro atoms. The fourth-order valence-electron chi connectivity index (χ4n) is 3.48. The van der Waals surface area contributed by atoms with Crippen LogP contribution in [0.1, 0.15) is 37.7 Å². The van der Waals surface area contributed by atoms with Crippen LogP contribution < -0.4 is 0 Å². The second kappa shape index (κ2) is 7.94. The highest BCUT2D eigenvalue weighted by Crippen LogP contribution is 2.32. The van der Waals surface area contributed by atoms with Crippen LogP contribution in [0.3, 0.4) is 0 Å². The first-order valence-corrected chi connectivity index (χ1v) is 9.06. The predicted molar refractivity (Wildman–Crippen MR) is 98.6 cm³/mol. The van der Waals surface area contributed by atoms with Gasteiger partial charge in [-0.3, -0.25) is 4.98 Å². The van der Waals surface area contributed by atoms with Crippen molar-refractivity contribution < 1.29 is 4.39 Å². The van der Waals surface area contributed by atoms with Crippen LogP contribution in [0.25, 0.3) is 11.3 Å². The fraction of sp³-hybridized carbons (Fsp3) is 0.381. The molecule has 1 fully saturated rings. The van der Waals surface area contributed by atoms with Crippen molar-refractivity contribution in [1.82, 2.24) is 4.98 Å². The van der Waals surface area contributed by atoms with Crippen molar-refractivity contribution in [2.24, 2.45) is 11.8 Å². The predicted octanol–water partition coefficient (Wildman–Crippen LogP) is 6.47. The minimum atomic E-state index is -0.407. The van der Waals surface area contributed by atoms with E-state index in [-0.39, 0.29) is 5.02 Å². The maximum absolute atomic E-state index is 13.6. The SMILES string of the molecule is C=C[C@H]1CC[C@H](CCc2ccc(-c3ccc(Cl)c(F)c3)nc2)CC1. The molecule has 0 saturated heterocycles. The van der Waals surface area contributed by atoms with Crippen LogP contribution in [-0.2, 0) is 6.42 Å². The van der Waals surface area contributed by atoms with Crippen LogP contribution in [0.5, 0.6) is 0 Å². The molecule has 1 aromatic carbocycles. The van der Waals surface area contributed by atoms with Gasteiger partial charge in [-0.2, -0.15) is 0 Å². The summed E-state index contributed by atoms with van der Waals surface area (Å²) in [4.78, 5) is 4.49. The molecule has 0 atom stereocenters. The number of allylic oxidation sites excluding steroid dienone is 1. The molecular weight excluding hydrogens is 321 g/mol. The number of rotatable bonds is 5. The molecule has 0 N–H and O–H groups in total. The third-order valence-corrected chi connectivity index (χ3v) is 5.41. The van der Waals surface area contributed by atoms with Crippen LogP contribution in [0, 0.1) is 17.7 Å². The summed E-state index contributed by atoms with van der Waals surface area (Å²) in [5.74, 6) is 1.14. The van der Waals surface area contributed by atoms with Crippen molar-refractivity contribution in [3.63, 3.8) is 0 Å². The molecule has 0 unspecified atom stereocenters. The molecule has 0 bridgehead atoms. The Morgan fingerprint density at radius 2 is 1.96 bits per heavy atom. The Bertz CT molecular complexity index is 687. The molecule has 3 heteroatoms. The number of pyridine rings is 1. The van der Waals surface area contributed by atoms with Gasteiger partial charge in [0.05, 0.1) is 10.7 Å². The Kier molecular flexibility index (Phi) is 5.68. The first-order chi connectivity index (χ1) is 11.7. The lowest BCUT2D eigenvalue weighted by atomic mass is 9.80. The number of halogens is 2. The molecule has 0 amide bonds. The van der Waals surface area contributed by atoms with E-state index < -0.39 is 5.82 Å². The topological polar surface area (TPSA) is 12.9 Å². The monoisotopic (exact) mass is 343 g/mol. The first-order valence-electron chi connectivity index (χ1n) is 8.68. The van der Waals surface area contributed by atoms with Crippen molar-refractivity contribution in [1.29, 1.82) is 0 Å². The number of benzene rings is 1. The van der Waals surface area contributed by atoms with Gasteiger partial charge in [0, 0.05) is 11.8 Å². The average molecular weight is 344 g/mol. The summed E-state index contributed by atoms with van der Waals surface area (Å²) in [6, 6.07) is 8.87. The highest BCUT2D eigenvalue weighted by molar-refractivity contribution is 6.30. The Morgan fingerprint density at radius 1 is 1.17 bits per heavy atom. The minimum absolute atomic E-state index is 0.140. The average Bonchev–Trinajstić information content (AvgIpc) is 2.63. The lowest BCUT2D eigenvalue weighted by molar-refractivity contribution is 0.296. The zero-order valence-corrected chi connectivity index (χ0v) is 14.6. The minimum Gasteiger partial charge on any atom is -0.256 e.